The minimum absolute atomic E-state index is 0.00549. The van der Waals surface area contributed by atoms with Crippen LogP contribution in [0.4, 0.5) is 23.0 Å². The molecule has 0 radical (unpaired) electrons. The lowest BCUT2D eigenvalue weighted by Gasteiger charge is -2.46. The highest BCUT2D eigenvalue weighted by atomic mass is 16.6. The van der Waals surface area contributed by atoms with Crippen molar-refractivity contribution >= 4 is 28.9 Å². The highest BCUT2D eigenvalue weighted by molar-refractivity contribution is 5.95. The average molecular weight is 458 g/mol. The number of nitro benzene ring substituents is 1. The summed E-state index contributed by atoms with van der Waals surface area (Å²) in [6, 6.07) is 5.01. The fraction of sp³-hybridized carbons (Fsp3) is 0.450. The summed E-state index contributed by atoms with van der Waals surface area (Å²) in [6.07, 6.45) is 2.57. The third-order valence-electron chi connectivity index (χ3n) is 5.15. The van der Waals surface area contributed by atoms with Crippen LogP contribution in [0.3, 0.4) is 0 Å². The van der Waals surface area contributed by atoms with Gasteiger partial charge < -0.3 is 10.6 Å². The summed E-state index contributed by atoms with van der Waals surface area (Å²) < 4.78 is 0. The summed E-state index contributed by atoms with van der Waals surface area (Å²) in [5, 5.41) is 29.4. The molecule has 0 unspecified atom stereocenters. The van der Waals surface area contributed by atoms with Gasteiger partial charge in [0.05, 0.1) is 9.85 Å². The van der Waals surface area contributed by atoms with Gasteiger partial charge in [-0.1, -0.05) is 6.07 Å². The number of nitrogens with one attached hydrogen (secondary N) is 4. The van der Waals surface area contributed by atoms with Gasteiger partial charge in [0.15, 0.2) is 0 Å². The summed E-state index contributed by atoms with van der Waals surface area (Å²) in [5.74, 6) is -0.910. The molecule has 3 rings (SSSR count). The molecule has 0 saturated carbocycles. The minimum atomic E-state index is -0.719. The highest BCUT2D eigenvalue weighted by Gasteiger charge is 2.38. The van der Waals surface area contributed by atoms with E-state index in [1.165, 1.54) is 18.2 Å². The highest BCUT2D eigenvalue weighted by Crippen LogP contribution is 2.34. The van der Waals surface area contributed by atoms with Gasteiger partial charge in [-0.05, 0) is 46.6 Å². The van der Waals surface area contributed by atoms with Gasteiger partial charge in [-0.3, -0.25) is 35.9 Å². The van der Waals surface area contributed by atoms with E-state index in [4.69, 9.17) is 0 Å². The SMILES string of the molecule is CC1(C)CC(Nc2ncnc(NNC(=O)c3cccc([N+](=O)[O-])c3)c2[N+](=O)[O-])CC(C)(C)N1. The van der Waals surface area contributed by atoms with Crippen LogP contribution in [0.15, 0.2) is 30.6 Å². The Kier molecular flexibility index (Phi) is 6.44. The maximum absolute atomic E-state index is 12.4. The Morgan fingerprint density at radius 2 is 1.70 bits per heavy atom. The van der Waals surface area contributed by atoms with Crippen LogP contribution in [0, 0.1) is 20.2 Å². The van der Waals surface area contributed by atoms with Gasteiger partial charge in [0.25, 0.3) is 11.6 Å². The number of hydrazine groups is 1. The fourth-order valence-corrected chi connectivity index (χ4v) is 4.32. The first-order chi connectivity index (χ1) is 15.4. The molecule has 0 bridgehead atoms. The smallest absolute Gasteiger partial charge is 0.354 e. The standard InChI is InChI=1S/C20H26N8O5/c1-19(2)9-13(10-20(3,4)26-19)23-16-15(28(32)33)17(22-11-21-16)24-25-18(29)12-6-5-7-14(8-12)27(30)31/h5-8,11,13,26H,9-10H2,1-4H3,(H,25,29)(H2,21,22,23,24). The van der Waals surface area contributed by atoms with Crippen LogP contribution in [0.2, 0.25) is 0 Å². The number of benzene rings is 1. The Bertz CT molecular complexity index is 1070. The molecule has 33 heavy (non-hydrogen) atoms. The van der Waals surface area contributed by atoms with Gasteiger partial charge in [0, 0.05) is 34.8 Å². The number of nitro groups is 2. The number of hydrogen-bond donors (Lipinski definition) is 4. The molecule has 1 amide bonds. The molecule has 1 saturated heterocycles. The molecule has 2 heterocycles. The fourth-order valence-electron chi connectivity index (χ4n) is 4.32. The van der Waals surface area contributed by atoms with E-state index < -0.39 is 21.4 Å². The second kappa shape index (κ2) is 8.94. The van der Waals surface area contributed by atoms with Crippen molar-refractivity contribution in [2.24, 2.45) is 0 Å². The van der Waals surface area contributed by atoms with Crippen LogP contribution >= 0.6 is 0 Å². The summed E-state index contributed by atoms with van der Waals surface area (Å²) in [4.78, 5) is 41.8. The van der Waals surface area contributed by atoms with Crippen molar-refractivity contribution in [1.29, 1.82) is 0 Å². The first kappa shape index (κ1) is 23.8. The lowest BCUT2D eigenvalue weighted by Crippen LogP contribution is -2.60. The van der Waals surface area contributed by atoms with Gasteiger partial charge in [0.2, 0.25) is 11.6 Å². The van der Waals surface area contributed by atoms with E-state index in [1.54, 1.807) is 0 Å². The quantitative estimate of drug-likeness (QED) is 0.356. The first-order valence-electron chi connectivity index (χ1n) is 10.2. The van der Waals surface area contributed by atoms with Gasteiger partial charge in [-0.15, -0.1) is 0 Å². The molecular formula is C20H26N8O5. The largest absolute Gasteiger partial charge is 0.361 e. The molecule has 176 valence electrons. The Labute approximate surface area is 189 Å². The van der Waals surface area contributed by atoms with E-state index in [9.17, 15) is 25.0 Å². The van der Waals surface area contributed by atoms with Gasteiger partial charge in [-0.2, -0.15) is 0 Å². The van der Waals surface area contributed by atoms with Gasteiger partial charge in [0.1, 0.15) is 6.33 Å². The number of non-ortho nitro benzene ring substituents is 1. The van der Waals surface area contributed by atoms with E-state index in [2.05, 4.69) is 59.1 Å². The van der Waals surface area contributed by atoms with Crippen LogP contribution in [-0.2, 0) is 0 Å². The Morgan fingerprint density at radius 3 is 2.30 bits per heavy atom. The molecule has 1 aliphatic heterocycles. The normalized spacial score (nSPS) is 17.1. The number of carbonyl (C=O) groups excluding carboxylic acids is 1. The van der Waals surface area contributed by atoms with Crippen molar-refractivity contribution in [1.82, 2.24) is 20.7 Å². The van der Waals surface area contributed by atoms with Crippen LogP contribution in [-0.4, -0.2) is 42.8 Å². The van der Waals surface area contributed by atoms with Crippen molar-refractivity contribution in [3.8, 4) is 0 Å². The maximum atomic E-state index is 12.4. The Hall–Kier alpha value is -3.87. The van der Waals surface area contributed by atoms with Crippen molar-refractivity contribution in [3.63, 3.8) is 0 Å². The Morgan fingerprint density at radius 1 is 1.06 bits per heavy atom. The molecule has 1 aromatic heterocycles. The molecular weight excluding hydrogens is 432 g/mol. The zero-order chi connectivity index (χ0) is 24.4. The molecule has 0 spiro atoms. The zero-order valence-electron chi connectivity index (χ0n) is 18.7. The van der Waals surface area contributed by atoms with Crippen molar-refractivity contribution in [2.75, 3.05) is 10.7 Å². The molecule has 4 N–H and O–H groups in total. The van der Waals surface area contributed by atoms with Crippen molar-refractivity contribution in [2.45, 2.75) is 57.7 Å². The first-order valence-corrected chi connectivity index (χ1v) is 10.2. The number of rotatable bonds is 7. The predicted molar refractivity (Wildman–Crippen MR) is 121 cm³/mol. The topological polar surface area (TPSA) is 177 Å². The van der Waals surface area contributed by atoms with Crippen LogP contribution in [0.5, 0.6) is 0 Å². The number of nitrogens with zero attached hydrogens (tertiary/aromatic N) is 4. The number of aromatic nitrogens is 2. The molecule has 13 nitrogen and oxygen atoms in total. The number of amides is 1. The Balaban J connectivity index is 1.79. The number of hydrogen-bond acceptors (Lipinski definition) is 10. The maximum Gasteiger partial charge on any atom is 0.354 e. The van der Waals surface area contributed by atoms with E-state index >= 15 is 0 Å². The number of carbonyl (C=O) groups is 1. The summed E-state index contributed by atoms with van der Waals surface area (Å²) >= 11 is 0. The third-order valence-corrected chi connectivity index (χ3v) is 5.15. The average Bonchev–Trinajstić information content (AvgIpc) is 2.69. The van der Waals surface area contributed by atoms with E-state index in [0.29, 0.717) is 12.8 Å². The summed E-state index contributed by atoms with van der Waals surface area (Å²) in [7, 11) is 0. The van der Waals surface area contributed by atoms with Crippen LogP contribution in [0.1, 0.15) is 50.9 Å². The molecule has 0 aliphatic carbocycles. The van der Waals surface area contributed by atoms with Crippen molar-refractivity contribution in [3.05, 3.63) is 56.4 Å². The molecule has 13 heteroatoms. The van der Waals surface area contributed by atoms with Crippen molar-refractivity contribution < 1.29 is 14.6 Å². The lowest BCUT2D eigenvalue weighted by molar-refractivity contribution is -0.384. The second-order valence-electron chi connectivity index (χ2n) is 9.21. The van der Waals surface area contributed by atoms with Gasteiger partial charge in [-0.25, -0.2) is 9.97 Å². The zero-order valence-corrected chi connectivity index (χ0v) is 18.7. The van der Waals surface area contributed by atoms with E-state index in [-0.39, 0.29) is 40.0 Å². The molecule has 0 atom stereocenters. The predicted octanol–water partition coefficient (Wildman–Crippen LogP) is 2.77. The van der Waals surface area contributed by atoms with E-state index in [0.717, 1.165) is 12.4 Å². The van der Waals surface area contributed by atoms with Gasteiger partial charge >= 0.3 is 5.69 Å². The molecule has 1 fully saturated rings. The lowest BCUT2D eigenvalue weighted by atomic mass is 9.79. The number of anilines is 2. The molecule has 1 aromatic carbocycles. The molecule has 2 aromatic rings. The summed E-state index contributed by atoms with van der Waals surface area (Å²) in [5.41, 5.74) is 3.68. The van der Waals surface area contributed by atoms with Crippen LogP contribution in [0.25, 0.3) is 0 Å². The second-order valence-corrected chi connectivity index (χ2v) is 9.21. The van der Waals surface area contributed by atoms with E-state index in [1.807, 2.05) is 0 Å². The molecule has 1 aliphatic rings. The monoisotopic (exact) mass is 458 g/mol. The number of piperidine rings is 1. The third kappa shape index (κ3) is 5.88. The summed E-state index contributed by atoms with van der Waals surface area (Å²) in [6.45, 7) is 8.25. The van der Waals surface area contributed by atoms with Crippen LogP contribution < -0.4 is 21.5 Å². The minimum Gasteiger partial charge on any atom is -0.361 e.